The van der Waals surface area contributed by atoms with Crippen LogP contribution in [-0.2, 0) is 4.74 Å². The minimum Gasteiger partial charge on any atom is -0.462 e. The van der Waals surface area contributed by atoms with Crippen LogP contribution >= 0.6 is 31.9 Å². The molecule has 5 nitrogen and oxygen atoms in total. The predicted octanol–water partition coefficient (Wildman–Crippen LogP) is 3.70. The molecule has 0 aliphatic carbocycles. The number of rotatable bonds is 4. The molecule has 0 saturated heterocycles. The van der Waals surface area contributed by atoms with Crippen LogP contribution in [0.4, 0.5) is 10.1 Å². The van der Waals surface area contributed by atoms with Crippen molar-refractivity contribution in [2.45, 2.75) is 10.7 Å². The van der Waals surface area contributed by atoms with Crippen LogP contribution in [0, 0.1) is 15.9 Å². The van der Waals surface area contributed by atoms with Crippen LogP contribution < -0.4 is 0 Å². The van der Waals surface area contributed by atoms with Crippen molar-refractivity contribution in [1.29, 1.82) is 0 Å². The molecule has 0 fully saturated rings. The highest BCUT2D eigenvalue weighted by molar-refractivity contribution is 9.24. The molecular weight excluding hydrogens is 377 g/mol. The number of alkyl halides is 2. The lowest BCUT2D eigenvalue weighted by molar-refractivity contribution is -0.387. The Kier molecular flexibility index (Phi) is 5.21. The second kappa shape index (κ2) is 6.24. The van der Waals surface area contributed by atoms with Gasteiger partial charge in [0, 0.05) is 6.07 Å². The van der Waals surface area contributed by atoms with Crippen molar-refractivity contribution in [2.24, 2.45) is 0 Å². The van der Waals surface area contributed by atoms with Gasteiger partial charge in [-0.1, -0.05) is 31.9 Å². The number of nitro benzene ring substituents is 1. The van der Waals surface area contributed by atoms with E-state index in [0.29, 0.717) is 0 Å². The highest BCUT2D eigenvalue weighted by Gasteiger charge is 2.24. The maximum Gasteiger partial charge on any atom is 0.338 e. The van der Waals surface area contributed by atoms with Crippen molar-refractivity contribution in [3.8, 4) is 0 Å². The number of esters is 1. The summed E-state index contributed by atoms with van der Waals surface area (Å²) < 4.78 is 17.7. The molecule has 0 saturated carbocycles. The van der Waals surface area contributed by atoms with E-state index in [-0.39, 0.29) is 17.7 Å². The summed E-state index contributed by atoms with van der Waals surface area (Å²) in [6.45, 7) is 1.74. The fourth-order valence-electron chi connectivity index (χ4n) is 1.28. The molecule has 0 heterocycles. The lowest BCUT2D eigenvalue weighted by Gasteiger charge is -2.10. The third-order valence-electron chi connectivity index (χ3n) is 2.05. The fraction of sp³-hybridized carbons (Fsp3) is 0.300. The zero-order valence-electron chi connectivity index (χ0n) is 9.15. The van der Waals surface area contributed by atoms with Gasteiger partial charge in [0.05, 0.1) is 20.8 Å². The van der Waals surface area contributed by atoms with E-state index >= 15 is 0 Å². The summed E-state index contributed by atoms with van der Waals surface area (Å²) in [4.78, 5) is 21.4. The van der Waals surface area contributed by atoms with E-state index in [1.807, 2.05) is 0 Å². The third kappa shape index (κ3) is 3.26. The van der Waals surface area contributed by atoms with Crippen molar-refractivity contribution in [3.63, 3.8) is 0 Å². The van der Waals surface area contributed by atoms with Crippen LogP contribution in [0.1, 0.15) is 26.6 Å². The molecule has 0 aliphatic rings. The zero-order valence-corrected chi connectivity index (χ0v) is 12.3. The maximum atomic E-state index is 13.5. The van der Waals surface area contributed by atoms with Crippen LogP contribution in [-0.4, -0.2) is 17.5 Å². The Morgan fingerprint density at radius 1 is 1.56 bits per heavy atom. The molecular formula is C10H8Br2FNO4. The van der Waals surface area contributed by atoms with Crippen LogP contribution in [0.5, 0.6) is 0 Å². The van der Waals surface area contributed by atoms with Crippen molar-refractivity contribution in [2.75, 3.05) is 6.61 Å². The summed E-state index contributed by atoms with van der Waals surface area (Å²) in [6, 6.07) is 1.80. The Morgan fingerprint density at radius 2 is 2.17 bits per heavy atom. The molecule has 98 valence electrons. The van der Waals surface area contributed by atoms with Crippen molar-refractivity contribution >= 4 is 43.5 Å². The smallest absolute Gasteiger partial charge is 0.338 e. The lowest BCUT2D eigenvalue weighted by Crippen LogP contribution is -2.09. The first-order chi connectivity index (χ1) is 8.38. The van der Waals surface area contributed by atoms with Crippen molar-refractivity contribution in [1.82, 2.24) is 0 Å². The average Bonchev–Trinajstić information content (AvgIpc) is 2.27. The van der Waals surface area contributed by atoms with Gasteiger partial charge in [-0.15, -0.1) is 0 Å². The van der Waals surface area contributed by atoms with Gasteiger partial charge >= 0.3 is 11.7 Å². The van der Waals surface area contributed by atoms with E-state index in [0.717, 1.165) is 12.1 Å². The second-order valence-corrected chi connectivity index (χ2v) is 6.23. The highest BCUT2D eigenvalue weighted by atomic mass is 79.9. The molecule has 1 rings (SSSR count). The lowest BCUT2D eigenvalue weighted by atomic mass is 10.1. The Hall–Kier alpha value is -1.02. The SMILES string of the molecule is CCOC(=O)c1cc(F)c([N+](=O)[O-])cc1C(Br)Br. The fourth-order valence-corrected chi connectivity index (χ4v) is 2.04. The molecule has 0 atom stereocenters. The van der Waals surface area contributed by atoms with Crippen molar-refractivity contribution < 1.29 is 18.8 Å². The molecule has 0 N–H and O–H groups in total. The molecule has 0 aliphatic heterocycles. The number of hydrogen-bond donors (Lipinski definition) is 0. The first-order valence-electron chi connectivity index (χ1n) is 4.81. The van der Waals surface area contributed by atoms with E-state index in [4.69, 9.17) is 4.74 Å². The summed E-state index contributed by atoms with van der Waals surface area (Å²) in [5.41, 5.74) is -0.512. The zero-order chi connectivity index (χ0) is 13.9. The molecule has 18 heavy (non-hydrogen) atoms. The topological polar surface area (TPSA) is 69.4 Å². The van der Waals surface area contributed by atoms with Crippen LogP contribution in [0.3, 0.4) is 0 Å². The first kappa shape index (κ1) is 15.0. The summed E-state index contributed by atoms with van der Waals surface area (Å²) in [6.07, 6.45) is 0. The number of ether oxygens (including phenoxy) is 1. The number of carbonyl (C=O) groups excluding carboxylic acids is 1. The Bertz CT molecular complexity index is 493. The summed E-state index contributed by atoms with van der Waals surface area (Å²) in [5, 5.41) is 10.6. The quantitative estimate of drug-likeness (QED) is 0.343. The maximum absolute atomic E-state index is 13.5. The Balaban J connectivity index is 3.38. The average molecular weight is 385 g/mol. The van der Waals surface area contributed by atoms with Gasteiger partial charge in [-0.05, 0) is 18.6 Å². The molecule has 0 aromatic heterocycles. The first-order valence-corrected chi connectivity index (χ1v) is 6.64. The van der Waals surface area contributed by atoms with E-state index in [9.17, 15) is 19.3 Å². The van der Waals surface area contributed by atoms with E-state index in [1.165, 1.54) is 0 Å². The van der Waals surface area contributed by atoms with Crippen LogP contribution in [0.2, 0.25) is 0 Å². The normalized spacial score (nSPS) is 10.5. The van der Waals surface area contributed by atoms with Gasteiger partial charge < -0.3 is 4.74 Å². The number of halogens is 3. The minimum atomic E-state index is -1.08. The van der Waals surface area contributed by atoms with Gasteiger partial charge in [0.1, 0.15) is 0 Å². The summed E-state index contributed by atoms with van der Waals surface area (Å²) >= 11 is 6.25. The Labute approximate surface area is 119 Å². The van der Waals surface area contributed by atoms with Gasteiger partial charge in [0.2, 0.25) is 5.82 Å². The molecule has 1 aromatic rings. The predicted molar refractivity (Wildman–Crippen MR) is 69.6 cm³/mol. The number of nitro groups is 1. The number of nitrogens with zero attached hydrogens (tertiary/aromatic N) is 1. The largest absolute Gasteiger partial charge is 0.462 e. The monoisotopic (exact) mass is 383 g/mol. The molecule has 0 spiro atoms. The van der Waals surface area contributed by atoms with Gasteiger partial charge in [-0.2, -0.15) is 4.39 Å². The van der Waals surface area contributed by atoms with Crippen LogP contribution in [0.25, 0.3) is 0 Å². The number of carbonyl (C=O) groups is 1. The van der Waals surface area contributed by atoms with E-state index < -0.39 is 26.1 Å². The van der Waals surface area contributed by atoms with Gasteiger partial charge in [-0.25, -0.2) is 4.79 Å². The standard InChI is InChI=1S/C10H8Br2FNO4/c1-2-18-10(15)6-3-7(13)8(14(16)17)4-5(6)9(11)12/h3-4,9H,2H2,1H3. The van der Waals surface area contributed by atoms with E-state index in [1.54, 1.807) is 6.92 Å². The van der Waals surface area contributed by atoms with Gasteiger partial charge in [0.25, 0.3) is 0 Å². The second-order valence-electron chi connectivity index (χ2n) is 3.17. The minimum absolute atomic E-state index is 0.0568. The number of hydrogen-bond acceptors (Lipinski definition) is 4. The van der Waals surface area contributed by atoms with Gasteiger partial charge in [0.15, 0.2) is 0 Å². The van der Waals surface area contributed by atoms with Crippen molar-refractivity contribution in [3.05, 3.63) is 39.2 Å². The molecule has 0 bridgehead atoms. The highest BCUT2D eigenvalue weighted by Crippen LogP contribution is 2.35. The molecule has 8 heteroatoms. The summed E-state index contributed by atoms with van der Waals surface area (Å²) in [7, 11) is 0. The van der Waals surface area contributed by atoms with E-state index in [2.05, 4.69) is 31.9 Å². The number of benzene rings is 1. The molecule has 0 unspecified atom stereocenters. The molecule has 0 amide bonds. The molecule has 0 radical (unpaired) electrons. The molecule has 1 aromatic carbocycles. The summed E-state index contributed by atoms with van der Waals surface area (Å²) in [5.74, 6) is -1.81. The van der Waals surface area contributed by atoms with Gasteiger partial charge in [-0.3, -0.25) is 10.1 Å². The Morgan fingerprint density at radius 3 is 2.61 bits per heavy atom. The third-order valence-corrected chi connectivity index (χ3v) is 3.03. The van der Waals surface area contributed by atoms with Crippen LogP contribution in [0.15, 0.2) is 12.1 Å².